The summed E-state index contributed by atoms with van der Waals surface area (Å²) >= 11 is 0. The number of rotatable bonds is 4. The summed E-state index contributed by atoms with van der Waals surface area (Å²) in [6, 6.07) is 9.89. The average Bonchev–Trinajstić information content (AvgIpc) is 2.37. The molecular formula is C14H14FNO2. The summed E-state index contributed by atoms with van der Waals surface area (Å²) in [5.74, 6) is 0.562. The molecule has 2 rings (SSSR count). The zero-order valence-corrected chi connectivity index (χ0v) is 10.3. The first-order valence-electron chi connectivity index (χ1n) is 5.58. The van der Waals surface area contributed by atoms with Crippen molar-refractivity contribution >= 4 is 0 Å². The second-order valence-electron chi connectivity index (χ2n) is 3.86. The Kier molecular flexibility index (Phi) is 3.77. The summed E-state index contributed by atoms with van der Waals surface area (Å²) in [4.78, 5) is 4.30. The fraction of sp³-hybridized carbons (Fsp3) is 0.214. The van der Waals surface area contributed by atoms with Crippen LogP contribution < -0.4 is 9.47 Å². The molecule has 0 saturated heterocycles. The van der Waals surface area contributed by atoms with Crippen molar-refractivity contribution in [1.29, 1.82) is 0 Å². The molecule has 2 aromatic rings. The number of para-hydroxylation sites is 1. The van der Waals surface area contributed by atoms with Gasteiger partial charge >= 0.3 is 0 Å². The quantitative estimate of drug-likeness (QED) is 0.831. The molecule has 1 heterocycles. The lowest BCUT2D eigenvalue weighted by molar-refractivity contribution is 0.285. The maximum absolute atomic E-state index is 13.3. The third-order valence-electron chi connectivity index (χ3n) is 2.43. The lowest BCUT2D eigenvalue weighted by Crippen LogP contribution is -2.01. The highest BCUT2D eigenvalue weighted by Crippen LogP contribution is 2.18. The van der Waals surface area contributed by atoms with E-state index in [1.54, 1.807) is 31.4 Å². The summed E-state index contributed by atoms with van der Waals surface area (Å²) in [5.41, 5.74) is 1.54. The van der Waals surface area contributed by atoms with Crippen molar-refractivity contribution in [3.8, 4) is 11.5 Å². The second-order valence-corrected chi connectivity index (χ2v) is 3.86. The topological polar surface area (TPSA) is 31.4 Å². The van der Waals surface area contributed by atoms with Crippen molar-refractivity contribution in [2.24, 2.45) is 0 Å². The van der Waals surface area contributed by atoms with Crippen LogP contribution in [0.15, 0.2) is 36.4 Å². The van der Waals surface area contributed by atoms with Gasteiger partial charge in [0.1, 0.15) is 12.4 Å². The highest BCUT2D eigenvalue weighted by atomic mass is 19.1. The van der Waals surface area contributed by atoms with Crippen LogP contribution in [-0.2, 0) is 6.61 Å². The molecule has 0 N–H and O–H groups in total. The summed E-state index contributed by atoms with van der Waals surface area (Å²) in [6.07, 6.45) is 0. The molecule has 0 aliphatic heterocycles. The number of methoxy groups -OCH3 is 1. The molecule has 0 radical (unpaired) electrons. The van der Waals surface area contributed by atoms with Gasteiger partial charge in [0.25, 0.3) is 0 Å². The molecule has 0 bridgehead atoms. The molecule has 94 valence electrons. The Morgan fingerprint density at radius 2 is 2.00 bits per heavy atom. The molecule has 0 unspecified atom stereocenters. The molecule has 1 aromatic carbocycles. The van der Waals surface area contributed by atoms with Gasteiger partial charge < -0.3 is 9.47 Å². The summed E-state index contributed by atoms with van der Waals surface area (Å²) in [6.45, 7) is 2.08. The minimum Gasteiger partial charge on any atom is -0.497 e. The number of benzene rings is 1. The Balaban J connectivity index is 2.11. The SMILES string of the molecule is COc1cc(C)nc(COc2ccccc2F)c1. The van der Waals surface area contributed by atoms with Crippen molar-refractivity contribution in [2.75, 3.05) is 7.11 Å². The lowest BCUT2D eigenvalue weighted by atomic mass is 10.3. The van der Waals surface area contributed by atoms with E-state index in [1.165, 1.54) is 6.07 Å². The maximum atomic E-state index is 13.3. The van der Waals surface area contributed by atoms with Gasteiger partial charge in [-0.3, -0.25) is 4.98 Å². The molecule has 0 aliphatic rings. The smallest absolute Gasteiger partial charge is 0.165 e. The monoisotopic (exact) mass is 247 g/mol. The number of aromatic nitrogens is 1. The molecular weight excluding hydrogens is 233 g/mol. The van der Waals surface area contributed by atoms with Gasteiger partial charge in [-0.25, -0.2) is 4.39 Å². The molecule has 4 heteroatoms. The third kappa shape index (κ3) is 2.97. The van der Waals surface area contributed by atoms with E-state index in [-0.39, 0.29) is 18.2 Å². The number of ether oxygens (including phenoxy) is 2. The third-order valence-corrected chi connectivity index (χ3v) is 2.43. The fourth-order valence-electron chi connectivity index (χ4n) is 1.61. The normalized spacial score (nSPS) is 10.2. The Labute approximate surface area is 105 Å². The Hall–Kier alpha value is -2.10. The van der Waals surface area contributed by atoms with Gasteiger partial charge in [-0.05, 0) is 19.1 Å². The number of halogens is 1. The summed E-state index contributed by atoms with van der Waals surface area (Å²) in [7, 11) is 1.59. The molecule has 0 spiro atoms. The van der Waals surface area contributed by atoms with E-state index in [0.717, 1.165) is 11.4 Å². The maximum Gasteiger partial charge on any atom is 0.165 e. The van der Waals surface area contributed by atoms with Crippen LogP contribution in [0.2, 0.25) is 0 Å². The van der Waals surface area contributed by atoms with E-state index in [2.05, 4.69) is 4.98 Å². The van der Waals surface area contributed by atoms with Crippen LogP contribution in [0.3, 0.4) is 0 Å². The van der Waals surface area contributed by atoms with E-state index in [1.807, 2.05) is 13.0 Å². The molecule has 0 saturated carbocycles. The average molecular weight is 247 g/mol. The number of aryl methyl sites for hydroxylation is 1. The van der Waals surface area contributed by atoms with E-state index in [4.69, 9.17) is 9.47 Å². The van der Waals surface area contributed by atoms with Crippen LogP contribution in [0.5, 0.6) is 11.5 Å². The van der Waals surface area contributed by atoms with Crippen molar-refractivity contribution in [3.05, 3.63) is 53.6 Å². The number of nitrogens with zero attached hydrogens (tertiary/aromatic N) is 1. The summed E-state index contributed by atoms with van der Waals surface area (Å²) in [5, 5.41) is 0. The van der Waals surface area contributed by atoms with Gasteiger partial charge in [-0.2, -0.15) is 0 Å². The van der Waals surface area contributed by atoms with Crippen molar-refractivity contribution < 1.29 is 13.9 Å². The van der Waals surface area contributed by atoms with Crippen LogP contribution in [0.25, 0.3) is 0 Å². The molecule has 1 aromatic heterocycles. The van der Waals surface area contributed by atoms with E-state index in [9.17, 15) is 4.39 Å². The second kappa shape index (κ2) is 5.49. The standard InChI is InChI=1S/C14H14FNO2/c1-10-7-12(17-2)8-11(16-10)9-18-14-6-4-3-5-13(14)15/h3-8H,9H2,1-2H3. The number of pyridine rings is 1. The van der Waals surface area contributed by atoms with Crippen LogP contribution in [0, 0.1) is 12.7 Å². The van der Waals surface area contributed by atoms with Crippen molar-refractivity contribution in [3.63, 3.8) is 0 Å². The predicted molar refractivity (Wildman–Crippen MR) is 66.3 cm³/mol. The van der Waals surface area contributed by atoms with Crippen LogP contribution in [0.4, 0.5) is 4.39 Å². The summed E-state index contributed by atoms with van der Waals surface area (Å²) < 4.78 is 23.9. The molecule has 3 nitrogen and oxygen atoms in total. The molecule has 0 fully saturated rings. The Morgan fingerprint density at radius 1 is 1.22 bits per heavy atom. The zero-order chi connectivity index (χ0) is 13.0. The Bertz CT molecular complexity index is 543. The first-order chi connectivity index (χ1) is 8.69. The molecule has 0 aliphatic carbocycles. The molecule has 0 amide bonds. The van der Waals surface area contributed by atoms with Gasteiger partial charge in [0.2, 0.25) is 0 Å². The van der Waals surface area contributed by atoms with Crippen LogP contribution in [-0.4, -0.2) is 12.1 Å². The van der Waals surface area contributed by atoms with Gasteiger partial charge in [0.05, 0.1) is 12.8 Å². The van der Waals surface area contributed by atoms with Gasteiger partial charge in [-0.15, -0.1) is 0 Å². The zero-order valence-electron chi connectivity index (χ0n) is 10.3. The Morgan fingerprint density at radius 3 is 2.72 bits per heavy atom. The van der Waals surface area contributed by atoms with Gasteiger partial charge in [0.15, 0.2) is 11.6 Å². The first-order valence-corrected chi connectivity index (χ1v) is 5.58. The van der Waals surface area contributed by atoms with Gasteiger partial charge in [0, 0.05) is 17.8 Å². The highest BCUT2D eigenvalue weighted by Gasteiger charge is 2.04. The highest BCUT2D eigenvalue weighted by molar-refractivity contribution is 5.27. The first kappa shape index (κ1) is 12.4. The van der Waals surface area contributed by atoms with Crippen molar-refractivity contribution in [2.45, 2.75) is 13.5 Å². The van der Waals surface area contributed by atoms with E-state index in [0.29, 0.717) is 5.69 Å². The van der Waals surface area contributed by atoms with E-state index >= 15 is 0 Å². The number of hydrogen-bond donors (Lipinski definition) is 0. The minimum absolute atomic E-state index is 0.207. The lowest BCUT2D eigenvalue weighted by Gasteiger charge is -2.08. The fourth-order valence-corrected chi connectivity index (χ4v) is 1.61. The molecule has 0 atom stereocenters. The van der Waals surface area contributed by atoms with E-state index < -0.39 is 0 Å². The predicted octanol–water partition coefficient (Wildman–Crippen LogP) is 3.12. The van der Waals surface area contributed by atoms with Crippen molar-refractivity contribution in [1.82, 2.24) is 4.98 Å². The van der Waals surface area contributed by atoms with Crippen LogP contribution in [0.1, 0.15) is 11.4 Å². The van der Waals surface area contributed by atoms with Gasteiger partial charge in [-0.1, -0.05) is 12.1 Å². The largest absolute Gasteiger partial charge is 0.497 e. The minimum atomic E-state index is -0.378. The molecule has 18 heavy (non-hydrogen) atoms. The number of hydrogen-bond acceptors (Lipinski definition) is 3. The van der Waals surface area contributed by atoms with Crippen LogP contribution >= 0.6 is 0 Å².